The summed E-state index contributed by atoms with van der Waals surface area (Å²) in [6.45, 7) is 3.27. The third-order valence-corrected chi connectivity index (χ3v) is 6.18. The van der Waals surface area contributed by atoms with Gasteiger partial charge in [-0.05, 0) is 51.2 Å². The maximum Gasteiger partial charge on any atom is 0.408 e. The monoisotopic (exact) mass is 569 g/mol. The Morgan fingerprint density at radius 1 is 1.18 bits per heavy atom. The summed E-state index contributed by atoms with van der Waals surface area (Å²) in [6, 6.07) is 0.379. The molecule has 2 heterocycles. The molecule has 2 amide bonds. The Kier molecular flexibility index (Phi) is 9.00. The minimum Gasteiger partial charge on any atom is -0.444 e. The number of halogens is 7. The summed E-state index contributed by atoms with van der Waals surface area (Å²) < 4.78 is 98.1. The van der Waals surface area contributed by atoms with E-state index in [4.69, 9.17) is 4.74 Å². The molecule has 1 fully saturated rings. The molecule has 1 aliphatic rings. The van der Waals surface area contributed by atoms with Gasteiger partial charge in [-0.2, -0.15) is 18.3 Å². The molecule has 0 bridgehead atoms. The molecule has 0 radical (unpaired) electrons. The van der Waals surface area contributed by atoms with Crippen LogP contribution in [0.1, 0.15) is 76.1 Å². The lowest BCUT2D eigenvalue weighted by atomic mass is 9.81. The fraction of sp³-hybridized carbons (Fsp3) is 0.667. The number of alkyl carbamates (subject to hydrolysis) is 1. The number of amides is 2. The van der Waals surface area contributed by atoms with Gasteiger partial charge in [-0.1, -0.05) is 0 Å². The van der Waals surface area contributed by atoms with Crippen molar-refractivity contribution in [3.05, 3.63) is 29.7 Å². The number of carbonyl (C=O) groups excluding carboxylic acids is 2. The first-order chi connectivity index (χ1) is 17.9. The quantitative estimate of drug-likeness (QED) is 0.407. The Labute approximate surface area is 219 Å². The number of ether oxygens (including phenoxy) is 1. The molecule has 1 aliphatic carbocycles. The average Bonchev–Trinajstić information content (AvgIpc) is 3.21. The third-order valence-electron chi connectivity index (χ3n) is 6.18. The zero-order valence-corrected chi connectivity index (χ0v) is 21.5. The molecule has 218 valence electrons. The number of nitrogens with one attached hydrogen (secondary N) is 2. The minimum absolute atomic E-state index is 0.0579. The van der Waals surface area contributed by atoms with Gasteiger partial charge in [0.1, 0.15) is 12.1 Å². The van der Waals surface area contributed by atoms with Crippen LogP contribution >= 0.6 is 0 Å². The van der Waals surface area contributed by atoms with Gasteiger partial charge in [0.05, 0.1) is 30.0 Å². The van der Waals surface area contributed by atoms with E-state index < -0.39 is 67.0 Å². The number of hydrogen-bond donors (Lipinski definition) is 2. The summed E-state index contributed by atoms with van der Waals surface area (Å²) in [5.74, 6) is -6.14. The van der Waals surface area contributed by atoms with Crippen molar-refractivity contribution in [3.63, 3.8) is 0 Å². The Balaban J connectivity index is 1.92. The topological polar surface area (TPSA) is 97.6 Å². The van der Waals surface area contributed by atoms with E-state index in [0.717, 1.165) is 6.20 Å². The van der Waals surface area contributed by atoms with Crippen molar-refractivity contribution >= 4 is 17.6 Å². The van der Waals surface area contributed by atoms with Gasteiger partial charge in [-0.3, -0.25) is 4.79 Å². The van der Waals surface area contributed by atoms with Crippen LogP contribution in [0.2, 0.25) is 0 Å². The first-order valence-electron chi connectivity index (χ1n) is 12.3. The van der Waals surface area contributed by atoms with E-state index in [9.17, 15) is 40.3 Å². The lowest BCUT2D eigenvalue weighted by Gasteiger charge is -2.33. The van der Waals surface area contributed by atoms with Gasteiger partial charge in [0.25, 0.3) is 0 Å². The van der Waals surface area contributed by atoms with Crippen LogP contribution < -0.4 is 10.6 Å². The van der Waals surface area contributed by atoms with Crippen molar-refractivity contribution in [1.82, 2.24) is 25.2 Å². The number of fused-ring (bicyclic) bond motifs is 1. The van der Waals surface area contributed by atoms with Crippen molar-refractivity contribution in [2.24, 2.45) is 5.92 Å². The van der Waals surface area contributed by atoms with Crippen LogP contribution in [-0.4, -0.2) is 57.3 Å². The molecule has 0 aromatic carbocycles. The van der Waals surface area contributed by atoms with Crippen LogP contribution in [0.4, 0.5) is 35.5 Å². The van der Waals surface area contributed by atoms with Gasteiger partial charge < -0.3 is 15.4 Å². The first kappa shape index (κ1) is 30.4. The molecule has 2 aromatic rings. The second-order valence-electron chi connectivity index (χ2n) is 10.6. The molecule has 39 heavy (non-hydrogen) atoms. The summed E-state index contributed by atoms with van der Waals surface area (Å²) >= 11 is 0. The average molecular weight is 570 g/mol. The zero-order chi connectivity index (χ0) is 29.2. The van der Waals surface area contributed by atoms with E-state index in [1.54, 1.807) is 26.1 Å². The standard InChI is InChI=1S/C24H30F7N5O3/c1-22(2,3)39-21(38)35-19(13-4-6-23(27,28)7-5-13)16-11-36-18(34-16)8-14(10-33-36)15(9-17(25)26)20(37)32-12-24(29,30)31/h8,10-11,13,15,17,19H,4-7,9,12H2,1-3H3,(H,32,37)(H,35,38)/t15?,19-/m0/s1. The number of aromatic nitrogens is 3. The highest BCUT2D eigenvalue weighted by atomic mass is 19.4. The molecule has 0 spiro atoms. The molecule has 3 rings (SSSR count). The van der Waals surface area contributed by atoms with Crippen molar-refractivity contribution in [3.8, 4) is 0 Å². The predicted molar refractivity (Wildman–Crippen MR) is 124 cm³/mol. The molecule has 1 unspecified atom stereocenters. The van der Waals surface area contributed by atoms with Crippen LogP contribution in [0.15, 0.2) is 18.5 Å². The Hall–Kier alpha value is -3.13. The third kappa shape index (κ3) is 8.95. The molecule has 15 heteroatoms. The minimum atomic E-state index is -4.73. The lowest BCUT2D eigenvalue weighted by Crippen LogP contribution is -2.40. The van der Waals surface area contributed by atoms with Crippen LogP contribution in [0.25, 0.3) is 5.65 Å². The van der Waals surface area contributed by atoms with Gasteiger partial charge in [0, 0.05) is 19.3 Å². The Bertz CT molecular complexity index is 1150. The zero-order valence-electron chi connectivity index (χ0n) is 21.5. The summed E-state index contributed by atoms with van der Waals surface area (Å²) in [5, 5.41) is 8.35. The number of imidazole rings is 1. The van der Waals surface area contributed by atoms with Crippen molar-refractivity contribution in [1.29, 1.82) is 0 Å². The van der Waals surface area contributed by atoms with Crippen LogP contribution in [0, 0.1) is 5.92 Å². The number of alkyl halides is 7. The van der Waals surface area contributed by atoms with E-state index in [1.807, 2.05) is 0 Å². The largest absolute Gasteiger partial charge is 0.444 e. The summed E-state index contributed by atoms with van der Waals surface area (Å²) in [5.41, 5.74) is -0.639. The van der Waals surface area contributed by atoms with Gasteiger partial charge in [-0.25, -0.2) is 31.9 Å². The first-order valence-corrected chi connectivity index (χ1v) is 12.3. The molecule has 2 aromatic heterocycles. The molecule has 0 aliphatic heterocycles. The second-order valence-corrected chi connectivity index (χ2v) is 10.6. The normalized spacial score (nSPS) is 18.1. The van der Waals surface area contributed by atoms with Gasteiger partial charge >= 0.3 is 12.3 Å². The highest BCUT2D eigenvalue weighted by Gasteiger charge is 2.40. The smallest absolute Gasteiger partial charge is 0.408 e. The number of nitrogens with zero attached hydrogens (tertiary/aromatic N) is 3. The number of rotatable bonds is 8. The number of carbonyl (C=O) groups is 2. The van der Waals surface area contributed by atoms with Gasteiger partial charge in [-0.15, -0.1) is 0 Å². The van der Waals surface area contributed by atoms with Crippen LogP contribution in [-0.2, 0) is 9.53 Å². The maximum absolute atomic E-state index is 13.8. The fourth-order valence-electron chi connectivity index (χ4n) is 4.40. The molecule has 2 N–H and O–H groups in total. The summed E-state index contributed by atoms with van der Waals surface area (Å²) in [7, 11) is 0. The van der Waals surface area contributed by atoms with Gasteiger partial charge in [0.2, 0.25) is 18.3 Å². The molecular formula is C24H30F7N5O3. The maximum atomic E-state index is 13.8. The summed E-state index contributed by atoms with van der Waals surface area (Å²) in [6.07, 6.45) is -7.70. The molecule has 8 nitrogen and oxygen atoms in total. The Morgan fingerprint density at radius 3 is 2.38 bits per heavy atom. The van der Waals surface area contributed by atoms with E-state index in [2.05, 4.69) is 15.4 Å². The summed E-state index contributed by atoms with van der Waals surface area (Å²) in [4.78, 5) is 29.3. The van der Waals surface area contributed by atoms with E-state index in [-0.39, 0.29) is 42.6 Å². The molecular weight excluding hydrogens is 539 g/mol. The lowest BCUT2D eigenvalue weighted by molar-refractivity contribution is -0.139. The van der Waals surface area contributed by atoms with Crippen LogP contribution in [0.5, 0.6) is 0 Å². The van der Waals surface area contributed by atoms with E-state index in [1.165, 1.54) is 16.8 Å². The fourth-order valence-corrected chi connectivity index (χ4v) is 4.40. The number of hydrogen-bond acceptors (Lipinski definition) is 5. The highest BCUT2D eigenvalue weighted by Crippen LogP contribution is 2.41. The SMILES string of the molecule is CC(C)(C)OC(=O)N[C@H](c1cn2ncc(C(CC(F)F)C(=O)NCC(F)(F)F)cc2n1)C1CCC(F)(F)CC1. The van der Waals surface area contributed by atoms with Crippen LogP contribution in [0.3, 0.4) is 0 Å². The second kappa shape index (κ2) is 11.5. The van der Waals surface area contributed by atoms with E-state index in [0.29, 0.717) is 0 Å². The molecule has 0 saturated heterocycles. The molecule has 1 saturated carbocycles. The van der Waals surface area contributed by atoms with Crippen molar-refractivity contribution in [2.75, 3.05) is 6.54 Å². The molecule has 2 atom stereocenters. The highest BCUT2D eigenvalue weighted by molar-refractivity contribution is 5.83. The predicted octanol–water partition coefficient (Wildman–Crippen LogP) is 5.54. The van der Waals surface area contributed by atoms with Crippen molar-refractivity contribution < 1.29 is 45.1 Å². The van der Waals surface area contributed by atoms with Crippen molar-refractivity contribution in [2.45, 2.75) is 89.0 Å². The van der Waals surface area contributed by atoms with Gasteiger partial charge in [0.15, 0.2) is 5.65 Å². The Morgan fingerprint density at radius 2 is 1.82 bits per heavy atom. The van der Waals surface area contributed by atoms with E-state index >= 15 is 0 Å².